The largest absolute Gasteiger partial charge is 0.339 e. The number of benzene rings is 1. The summed E-state index contributed by atoms with van der Waals surface area (Å²) >= 11 is 0. The van der Waals surface area contributed by atoms with E-state index in [-0.39, 0.29) is 18.0 Å². The Balaban J connectivity index is 1.43. The Kier molecular flexibility index (Phi) is 5.11. The lowest BCUT2D eigenvalue weighted by Gasteiger charge is -2.28. The molecule has 3 aliphatic rings. The molecule has 4 atom stereocenters. The first kappa shape index (κ1) is 18.3. The molecule has 4 rings (SSSR count). The zero-order chi connectivity index (χ0) is 19.0. The van der Waals surface area contributed by atoms with Gasteiger partial charge in [-0.15, -0.1) is 0 Å². The fraction of sp³-hybridized carbons (Fsp3) is 0.636. The molecule has 1 aromatic rings. The highest BCUT2D eigenvalue weighted by atomic mass is 16.2. The summed E-state index contributed by atoms with van der Waals surface area (Å²) < 4.78 is 0. The number of carbonyl (C=O) groups is 2. The Hall–Kier alpha value is -2.04. The summed E-state index contributed by atoms with van der Waals surface area (Å²) in [5.74, 6) is 2.26. The third-order valence-electron chi connectivity index (χ3n) is 6.93. The smallest absolute Gasteiger partial charge is 0.319 e. The maximum Gasteiger partial charge on any atom is 0.319 e. The fourth-order valence-corrected chi connectivity index (χ4v) is 5.47. The van der Waals surface area contributed by atoms with Gasteiger partial charge in [-0.1, -0.05) is 18.6 Å². The number of urea groups is 1. The maximum absolute atomic E-state index is 12.9. The van der Waals surface area contributed by atoms with Gasteiger partial charge in [-0.2, -0.15) is 0 Å². The van der Waals surface area contributed by atoms with Crippen LogP contribution in [0.3, 0.4) is 0 Å². The molecule has 2 bridgehead atoms. The van der Waals surface area contributed by atoms with Crippen LogP contribution >= 0.6 is 0 Å². The highest BCUT2D eigenvalue weighted by Gasteiger charge is 2.42. The zero-order valence-corrected chi connectivity index (χ0v) is 16.5. The maximum atomic E-state index is 12.9. The van der Waals surface area contributed by atoms with Gasteiger partial charge in [0.2, 0.25) is 0 Å². The molecule has 1 aromatic carbocycles. The second-order valence-electron chi connectivity index (χ2n) is 8.72. The monoisotopic (exact) mass is 369 g/mol. The van der Waals surface area contributed by atoms with Crippen molar-refractivity contribution >= 4 is 17.6 Å². The van der Waals surface area contributed by atoms with E-state index in [1.807, 2.05) is 30.0 Å². The van der Waals surface area contributed by atoms with Crippen molar-refractivity contribution in [2.75, 3.05) is 18.4 Å². The molecule has 5 nitrogen and oxygen atoms in total. The molecule has 27 heavy (non-hydrogen) atoms. The van der Waals surface area contributed by atoms with Crippen molar-refractivity contribution in [2.24, 2.45) is 17.8 Å². The van der Waals surface area contributed by atoms with E-state index in [1.54, 1.807) is 0 Å². The first-order valence-corrected chi connectivity index (χ1v) is 10.5. The Labute approximate surface area is 161 Å². The number of carbonyl (C=O) groups excluding carboxylic acids is 2. The van der Waals surface area contributed by atoms with Crippen LogP contribution in [-0.2, 0) is 0 Å². The molecule has 2 aliphatic carbocycles. The van der Waals surface area contributed by atoms with Gasteiger partial charge in [0.1, 0.15) is 0 Å². The van der Waals surface area contributed by atoms with E-state index in [1.165, 1.54) is 25.7 Å². The van der Waals surface area contributed by atoms with Crippen molar-refractivity contribution < 1.29 is 9.59 Å². The molecule has 0 radical (unpaired) electrons. The van der Waals surface area contributed by atoms with Gasteiger partial charge >= 0.3 is 6.03 Å². The van der Waals surface area contributed by atoms with E-state index in [0.717, 1.165) is 43.3 Å². The summed E-state index contributed by atoms with van der Waals surface area (Å²) in [5, 5.41) is 6.13. The lowest BCUT2D eigenvalue weighted by molar-refractivity contribution is 0.0794. The molecular formula is C22H31N3O2. The molecule has 0 unspecified atom stereocenters. The molecule has 3 amide bonds. The Bertz CT molecular complexity index is 726. The Morgan fingerprint density at radius 2 is 1.93 bits per heavy atom. The molecule has 5 heteroatoms. The lowest BCUT2D eigenvalue weighted by Crippen LogP contribution is -2.42. The number of likely N-dealkylation sites (tertiary alicyclic amines) is 1. The van der Waals surface area contributed by atoms with Gasteiger partial charge in [-0.3, -0.25) is 4.79 Å². The zero-order valence-electron chi connectivity index (χ0n) is 16.5. The number of para-hydroxylation sites is 1. The van der Waals surface area contributed by atoms with E-state index in [4.69, 9.17) is 0 Å². The molecule has 146 valence electrons. The number of anilines is 1. The fourth-order valence-electron chi connectivity index (χ4n) is 5.47. The summed E-state index contributed by atoms with van der Waals surface area (Å²) in [6, 6.07) is 5.62. The van der Waals surface area contributed by atoms with E-state index in [0.29, 0.717) is 17.2 Å². The van der Waals surface area contributed by atoms with Crippen LogP contribution in [0.15, 0.2) is 18.2 Å². The van der Waals surface area contributed by atoms with Crippen LogP contribution < -0.4 is 10.6 Å². The molecule has 2 N–H and O–H groups in total. The third kappa shape index (κ3) is 3.69. The number of hydrogen-bond acceptors (Lipinski definition) is 2. The molecule has 2 saturated carbocycles. The van der Waals surface area contributed by atoms with Gasteiger partial charge in [0, 0.05) is 19.1 Å². The quantitative estimate of drug-likeness (QED) is 0.836. The average molecular weight is 370 g/mol. The van der Waals surface area contributed by atoms with Gasteiger partial charge in [0.25, 0.3) is 5.91 Å². The van der Waals surface area contributed by atoms with Crippen molar-refractivity contribution in [3.8, 4) is 0 Å². The lowest BCUT2D eigenvalue weighted by atomic mass is 9.84. The van der Waals surface area contributed by atoms with Gasteiger partial charge in [0.05, 0.1) is 11.3 Å². The van der Waals surface area contributed by atoms with Crippen molar-refractivity contribution in [1.29, 1.82) is 0 Å². The van der Waals surface area contributed by atoms with Crippen LogP contribution in [-0.4, -0.2) is 36.0 Å². The number of aryl methyl sites for hydroxylation is 1. The number of fused-ring (bicyclic) bond motifs is 2. The third-order valence-corrected chi connectivity index (χ3v) is 6.93. The Morgan fingerprint density at radius 3 is 2.59 bits per heavy atom. The molecule has 0 aromatic heterocycles. The van der Waals surface area contributed by atoms with E-state index < -0.39 is 0 Å². The highest BCUT2D eigenvalue weighted by Crippen LogP contribution is 2.49. The van der Waals surface area contributed by atoms with Gasteiger partial charge < -0.3 is 15.5 Å². The van der Waals surface area contributed by atoms with Gasteiger partial charge in [-0.05, 0) is 75.3 Å². The number of amides is 3. The van der Waals surface area contributed by atoms with Crippen LogP contribution in [0.25, 0.3) is 0 Å². The predicted molar refractivity (Wildman–Crippen MR) is 107 cm³/mol. The molecule has 1 heterocycles. The summed E-state index contributed by atoms with van der Waals surface area (Å²) in [6.07, 6.45) is 7.38. The van der Waals surface area contributed by atoms with Gasteiger partial charge in [-0.25, -0.2) is 4.79 Å². The summed E-state index contributed by atoms with van der Waals surface area (Å²) in [5.41, 5.74) is 2.16. The number of nitrogens with zero attached hydrogens (tertiary/aromatic N) is 1. The predicted octanol–water partition coefficient (Wildman–Crippen LogP) is 4.18. The van der Waals surface area contributed by atoms with E-state index in [2.05, 4.69) is 17.6 Å². The van der Waals surface area contributed by atoms with E-state index in [9.17, 15) is 9.59 Å². The summed E-state index contributed by atoms with van der Waals surface area (Å²) in [6.45, 7) is 5.67. The number of rotatable bonds is 4. The van der Waals surface area contributed by atoms with E-state index >= 15 is 0 Å². The van der Waals surface area contributed by atoms with Crippen molar-refractivity contribution in [1.82, 2.24) is 10.2 Å². The number of hydrogen-bond donors (Lipinski definition) is 2. The topological polar surface area (TPSA) is 61.4 Å². The standard InChI is InChI=1S/C22H31N3O2/c1-14-6-5-7-18(21(26)25-10-3-4-11-25)20(14)24-22(27)23-15(2)19-13-16-8-9-17(19)12-16/h5-7,15-17,19H,3-4,8-13H2,1-2H3,(H2,23,24,27)/t15-,16-,17-,19-/m0/s1. The normalized spacial score (nSPS) is 27.6. The molecule has 1 aliphatic heterocycles. The first-order chi connectivity index (χ1) is 13.0. The van der Waals surface area contributed by atoms with Gasteiger partial charge in [0.15, 0.2) is 0 Å². The molecule has 1 saturated heterocycles. The van der Waals surface area contributed by atoms with Crippen LogP contribution in [0.2, 0.25) is 0 Å². The van der Waals surface area contributed by atoms with Crippen molar-refractivity contribution in [2.45, 2.75) is 58.4 Å². The van der Waals surface area contributed by atoms with Crippen LogP contribution in [0.4, 0.5) is 10.5 Å². The molecule has 0 spiro atoms. The summed E-state index contributed by atoms with van der Waals surface area (Å²) in [4.78, 5) is 27.4. The minimum atomic E-state index is -0.199. The van der Waals surface area contributed by atoms with Crippen LogP contribution in [0.1, 0.15) is 61.4 Å². The number of nitrogens with one attached hydrogen (secondary N) is 2. The minimum absolute atomic E-state index is 0.0210. The second-order valence-corrected chi connectivity index (χ2v) is 8.72. The van der Waals surface area contributed by atoms with Crippen LogP contribution in [0, 0.1) is 24.7 Å². The SMILES string of the molecule is Cc1cccc(C(=O)N2CCCC2)c1NC(=O)N[C@@H](C)[C@@H]1C[C@H]2CC[C@H]1C2. The van der Waals surface area contributed by atoms with Crippen LogP contribution in [0.5, 0.6) is 0 Å². The molecular weight excluding hydrogens is 338 g/mol. The highest BCUT2D eigenvalue weighted by molar-refractivity contribution is 6.04. The summed E-state index contributed by atoms with van der Waals surface area (Å²) in [7, 11) is 0. The second kappa shape index (κ2) is 7.53. The average Bonchev–Trinajstić information content (AvgIpc) is 3.40. The molecule has 3 fully saturated rings. The Morgan fingerprint density at radius 1 is 1.15 bits per heavy atom. The van der Waals surface area contributed by atoms with Crippen molar-refractivity contribution in [3.05, 3.63) is 29.3 Å². The first-order valence-electron chi connectivity index (χ1n) is 10.5. The minimum Gasteiger partial charge on any atom is -0.339 e. The van der Waals surface area contributed by atoms with Crippen molar-refractivity contribution in [3.63, 3.8) is 0 Å².